The van der Waals surface area contributed by atoms with Crippen LogP contribution in [0, 0.1) is 0 Å². The molecule has 9 nitrogen and oxygen atoms in total. The zero-order valence-corrected chi connectivity index (χ0v) is 24.5. The predicted octanol–water partition coefficient (Wildman–Crippen LogP) is 4.38. The normalized spacial score (nSPS) is 14.2. The number of benzene rings is 3. The fourth-order valence-corrected chi connectivity index (χ4v) is 6.42. The van der Waals surface area contributed by atoms with Gasteiger partial charge in [0, 0.05) is 12.6 Å². The number of carbonyl (C=O) groups excluding carboxylic acids is 2. The van der Waals surface area contributed by atoms with Crippen molar-refractivity contribution < 1.29 is 27.5 Å². The Balaban J connectivity index is 1.70. The second-order valence-electron chi connectivity index (χ2n) is 10.0. The Morgan fingerprint density at radius 1 is 0.902 bits per heavy atom. The number of sulfonamides is 1. The van der Waals surface area contributed by atoms with E-state index >= 15 is 0 Å². The van der Waals surface area contributed by atoms with Crippen LogP contribution in [0.4, 0.5) is 5.69 Å². The lowest BCUT2D eigenvalue weighted by Crippen LogP contribution is -2.52. The second-order valence-corrected chi connectivity index (χ2v) is 11.9. The van der Waals surface area contributed by atoms with Crippen molar-refractivity contribution in [2.75, 3.05) is 25.1 Å². The van der Waals surface area contributed by atoms with Gasteiger partial charge in [-0.15, -0.1) is 0 Å². The van der Waals surface area contributed by atoms with Crippen LogP contribution in [0.2, 0.25) is 0 Å². The van der Waals surface area contributed by atoms with Gasteiger partial charge in [0.2, 0.25) is 11.8 Å². The summed E-state index contributed by atoms with van der Waals surface area (Å²) in [5.41, 5.74) is 0.995. The van der Waals surface area contributed by atoms with Gasteiger partial charge in [-0.25, -0.2) is 8.42 Å². The standard InChI is InChI=1S/C31H37N3O6S/c1-23(31(36)32-25-11-7-8-12-25)33(21-24-17-19-26(39-2)20-18-24)30(35)22-34(28-15-9-10-16-29(28)40-3)41(37,38)27-13-5-4-6-14-27/h4-6,9-10,13-20,23,25H,7-8,11-12,21-22H2,1-3H3,(H,32,36). The molecular formula is C31H37N3O6S. The molecule has 3 aromatic carbocycles. The largest absolute Gasteiger partial charge is 0.497 e. The van der Waals surface area contributed by atoms with Gasteiger partial charge in [0.25, 0.3) is 10.0 Å². The molecule has 41 heavy (non-hydrogen) atoms. The molecular weight excluding hydrogens is 542 g/mol. The summed E-state index contributed by atoms with van der Waals surface area (Å²) in [6, 6.07) is 21.0. The number of amides is 2. The maximum Gasteiger partial charge on any atom is 0.264 e. The van der Waals surface area contributed by atoms with Crippen molar-refractivity contribution in [1.82, 2.24) is 10.2 Å². The van der Waals surface area contributed by atoms with E-state index in [1.165, 1.54) is 24.1 Å². The Morgan fingerprint density at radius 3 is 2.17 bits per heavy atom. The van der Waals surface area contributed by atoms with Crippen LogP contribution in [0.3, 0.4) is 0 Å². The van der Waals surface area contributed by atoms with E-state index in [-0.39, 0.29) is 29.1 Å². The van der Waals surface area contributed by atoms with Crippen molar-refractivity contribution in [3.8, 4) is 11.5 Å². The van der Waals surface area contributed by atoms with Crippen LogP contribution in [-0.4, -0.2) is 58.0 Å². The molecule has 0 heterocycles. The van der Waals surface area contributed by atoms with Crippen molar-refractivity contribution in [2.45, 2.75) is 56.1 Å². The van der Waals surface area contributed by atoms with Gasteiger partial charge in [-0.3, -0.25) is 13.9 Å². The first-order valence-electron chi connectivity index (χ1n) is 13.7. The van der Waals surface area contributed by atoms with E-state index < -0.39 is 28.5 Å². The highest BCUT2D eigenvalue weighted by molar-refractivity contribution is 7.92. The summed E-state index contributed by atoms with van der Waals surface area (Å²) in [5, 5.41) is 3.07. The van der Waals surface area contributed by atoms with Crippen molar-refractivity contribution >= 4 is 27.5 Å². The topological polar surface area (TPSA) is 105 Å². The summed E-state index contributed by atoms with van der Waals surface area (Å²) in [6.07, 6.45) is 3.92. The summed E-state index contributed by atoms with van der Waals surface area (Å²) in [6.45, 7) is 1.24. The number of anilines is 1. The Labute approximate surface area is 242 Å². The molecule has 10 heteroatoms. The van der Waals surface area contributed by atoms with E-state index in [2.05, 4.69) is 5.32 Å². The van der Waals surface area contributed by atoms with Gasteiger partial charge in [-0.05, 0) is 61.7 Å². The lowest BCUT2D eigenvalue weighted by molar-refractivity contribution is -0.139. The fourth-order valence-electron chi connectivity index (χ4n) is 4.97. The highest BCUT2D eigenvalue weighted by atomic mass is 32.2. The van der Waals surface area contributed by atoms with Crippen molar-refractivity contribution in [3.63, 3.8) is 0 Å². The second kappa shape index (κ2) is 13.5. The molecule has 218 valence electrons. The molecule has 1 N–H and O–H groups in total. The maximum absolute atomic E-state index is 14.1. The molecule has 0 spiro atoms. The first-order chi connectivity index (χ1) is 19.7. The maximum atomic E-state index is 14.1. The molecule has 3 aromatic rings. The van der Waals surface area contributed by atoms with Gasteiger partial charge in [0.15, 0.2) is 0 Å². The minimum absolute atomic E-state index is 0.0347. The van der Waals surface area contributed by atoms with Crippen LogP contribution < -0.4 is 19.1 Å². The quantitative estimate of drug-likeness (QED) is 0.342. The highest BCUT2D eigenvalue weighted by Gasteiger charge is 2.34. The first kappa shape index (κ1) is 29.9. The van der Waals surface area contributed by atoms with E-state index in [4.69, 9.17) is 9.47 Å². The summed E-state index contributed by atoms with van der Waals surface area (Å²) < 4.78 is 39.6. The summed E-state index contributed by atoms with van der Waals surface area (Å²) >= 11 is 0. The number of carbonyl (C=O) groups is 2. The lowest BCUT2D eigenvalue weighted by atomic mass is 10.1. The summed E-state index contributed by atoms with van der Waals surface area (Å²) in [4.78, 5) is 28.9. The minimum Gasteiger partial charge on any atom is -0.497 e. The molecule has 0 aromatic heterocycles. The van der Waals surface area contributed by atoms with Crippen molar-refractivity contribution in [1.29, 1.82) is 0 Å². The number of hydrogen-bond acceptors (Lipinski definition) is 6. The van der Waals surface area contributed by atoms with Gasteiger partial charge in [0.05, 0.1) is 24.8 Å². The molecule has 0 aliphatic heterocycles. The third-order valence-corrected chi connectivity index (χ3v) is 9.12. The molecule has 1 fully saturated rings. The molecule has 2 amide bonds. The number of nitrogens with one attached hydrogen (secondary N) is 1. The van der Waals surface area contributed by atoms with Gasteiger partial charge in [-0.1, -0.05) is 55.3 Å². The first-order valence-corrected chi connectivity index (χ1v) is 15.1. The molecule has 0 radical (unpaired) electrons. The molecule has 0 saturated heterocycles. The average molecular weight is 580 g/mol. The number of ether oxygens (including phenoxy) is 2. The summed E-state index contributed by atoms with van der Waals surface area (Å²) in [7, 11) is -1.16. The van der Waals surface area contributed by atoms with Gasteiger partial charge >= 0.3 is 0 Å². The third kappa shape index (κ3) is 7.18. The predicted molar refractivity (Wildman–Crippen MR) is 157 cm³/mol. The van der Waals surface area contributed by atoms with Gasteiger partial charge in [0.1, 0.15) is 24.1 Å². The number of nitrogens with zero attached hydrogens (tertiary/aromatic N) is 2. The van der Waals surface area contributed by atoms with Crippen LogP contribution >= 0.6 is 0 Å². The SMILES string of the molecule is COc1ccc(CN(C(=O)CN(c2ccccc2OC)S(=O)(=O)c2ccccc2)C(C)C(=O)NC2CCCC2)cc1. The van der Waals surface area contributed by atoms with Gasteiger partial charge < -0.3 is 19.7 Å². The van der Waals surface area contributed by atoms with E-state index in [0.29, 0.717) is 11.5 Å². The monoisotopic (exact) mass is 579 g/mol. The number of rotatable bonds is 12. The zero-order valence-electron chi connectivity index (χ0n) is 23.7. The molecule has 1 aliphatic rings. The molecule has 1 saturated carbocycles. The Morgan fingerprint density at radius 2 is 1.54 bits per heavy atom. The molecule has 1 aliphatic carbocycles. The Bertz CT molecular complexity index is 1420. The number of methoxy groups -OCH3 is 2. The highest BCUT2D eigenvalue weighted by Crippen LogP contribution is 2.32. The Hall–Kier alpha value is -4.05. The van der Waals surface area contributed by atoms with E-state index in [1.54, 1.807) is 68.6 Å². The average Bonchev–Trinajstić information content (AvgIpc) is 3.52. The smallest absolute Gasteiger partial charge is 0.264 e. The van der Waals surface area contributed by atoms with Crippen LogP contribution in [0.15, 0.2) is 83.8 Å². The fraction of sp³-hybridized carbons (Fsp3) is 0.355. The third-order valence-electron chi connectivity index (χ3n) is 7.34. The van der Waals surface area contributed by atoms with E-state index in [0.717, 1.165) is 35.6 Å². The number of hydrogen-bond donors (Lipinski definition) is 1. The summed E-state index contributed by atoms with van der Waals surface area (Å²) in [5.74, 6) is 0.164. The Kier molecular flexibility index (Phi) is 9.88. The van der Waals surface area contributed by atoms with Crippen LogP contribution in [0.5, 0.6) is 11.5 Å². The van der Waals surface area contributed by atoms with Crippen molar-refractivity contribution in [2.24, 2.45) is 0 Å². The zero-order chi connectivity index (χ0) is 29.4. The van der Waals surface area contributed by atoms with Gasteiger partial charge in [-0.2, -0.15) is 0 Å². The van der Waals surface area contributed by atoms with Crippen LogP contribution in [0.25, 0.3) is 0 Å². The molecule has 1 atom stereocenters. The number of para-hydroxylation sites is 2. The lowest BCUT2D eigenvalue weighted by Gasteiger charge is -2.32. The van der Waals surface area contributed by atoms with Crippen LogP contribution in [0.1, 0.15) is 38.2 Å². The van der Waals surface area contributed by atoms with Crippen LogP contribution in [-0.2, 0) is 26.2 Å². The molecule has 4 rings (SSSR count). The minimum atomic E-state index is -4.17. The van der Waals surface area contributed by atoms with Crippen molar-refractivity contribution in [3.05, 3.63) is 84.4 Å². The van der Waals surface area contributed by atoms with E-state index in [1.807, 2.05) is 12.1 Å². The van der Waals surface area contributed by atoms with E-state index in [9.17, 15) is 18.0 Å². The molecule has 0 bridgehead atoms. The molecule has 1 unspecified atom stereocenters.